The van der Waals surface area contributed by atoms with Crippen LogP contribution in [0.3, 0.4) is 0 Å². The van der Waals surface area contributed by atoms with Crippen LogP contribution in [0.2, 0.25) is 0 Å². The summed E-state index contributed by atoms with van der Waals surface area (Å²) >= 11 is 1.65. The molecule has 0 aliphatic heterocycles. The molecule has 2 N–H and O–H groups in total. The summed E-state index contributed by atoms with van der Waals surface area (Å²) in [6, 6.07) is 20.0. The molecule has 2 aromatic carbocycles. The molecule has 27 heavy (non-hydrogen) atoms. The molecule has 0 spiro atoms. The molecule has 0 radical (unpaired) electrons. The molecule has 3 aromatic rings. The largest absolute Gasteiger partial charge is 0.492 e. The van der Waals surface area contributed by atoms with E-state index < -0.39 is 0 Å². The van der Waals surface area contributed by atoms with Crippen molar-refractivity contribution in [2.45, 2.75) is 6.54 Å². The van der Waals surface area contributed by atoms with E-state index in [0.717, 1.165) is 28.0 Å². The summed E-state index contributed by atoms with van der Waals surface area (Å²) in [5.41, 5.74) is 2.14. The Bertz CT molecular complexity index is 824. The lowest BCUT2D eigenvalue weighted by Gasteiger charge is -2.11. The molecule has 0 fully saturated rings. The van der Waals surface area contributed by atoms with E-state index in [1.165, 1.54) is 0 Å². The van der Waals surface area contributed by atoms with Gasteiger partial charge in [-0.1, -0.05) is 48.5 Å². The summed E-state index contributed by atoms with van der Waals surface area (Å²) in [4.78, 5) is 8.90. The van der Waals surface area contributed by atoms with Gasteiger partial charge in [-0.15, -0.1) is 35.3 Å². The number of nitrogens with zero attached hydrogens (tertiary/aromatic N) is 2. The third-order valence-electron chi connectivity index (χ3n) is 3.64. The minimum Gasteiger partial charge on any atom is -0.492 e. The molecule has 0 saturated heterocycles. The highest BCUT2D eigenvalue weighted by molar-refractivity contribution is 14.0. The first-order valence-electron chi connectivity index (χ1n) is 8.47. The molecule has 0 aliphatic rings. The van der Waals surface area contributed by atoms with Crippen LogP contribution in [0.15, 0.2) is 71.0 Å². The van der Waals surface area contributed by atoms with Gasteiger partial charge in [0.1, 0.15) is 17.4 Å². The van der Waals surface area contributed by atoms with E-state index in [9.17, 15) is 0 Å². The van der Waals surface area contributed by atoms with Crippen LogP contribution < -0.4 is 15.4 Å². The van der Waals surface area contributed by atoms with Crippen LogP contribution in [0.1, 0.15) is 5.69 Å². The summed E-state index contributed by atoms with van der Waals surface area (Å²) in [5, 5.41) is 9.61. The third kappa shape index (κ3) is 6.84. The molecule has 0 aliphatic carbocycles. The zero-order chi connectivity index (χ0) is 18.0. The number of benzene rings is 2. The van der Waals surface area contributed by atoms with Crippen molar-refractivity contribution in [1.29, 1.82) is 0 Å². The SMILES string of the molecule is CN=C(NCCOc1ccccc1)NCc1csc(-c2ccccc2)n1.I. The number of rotatable bonds is 7. The van der Waals surface area contributed by atoms with E-state index in [1.54, 1.807) is 18.4 Å². The van der Waals surface area contributed by atoms with Gasteiger partial charge in [-0.2, -0.15) is 0 Å². The Kier molecular flexibility index (Phi) is 9.06. The molecule has 1 heterocycles. The van der Waals surface area contributed by atoms with Crippen molar-refractivity contribution in [2.24, 2.45) is 4.99 Å². The van der Waals surface area contributed by atoms with Crippen LogP contribution in [-0.2, 0) is 6.54 Å². The predicted molar refractivity (Wildman–Crippen MR) is 123 cm³/mol. The standard InChI is InChI=1S/C20H22N4OS.HI/c1-21-20(22-12-13-25-18-10-6-3-7-11-18)23-14-17-15-26-19(24-17)16-8-4-2-5-9-16;/h2-11,15H,12-14H2,1H3,(H2,21,22,23);1H. The Hall–Kier alpha value is -2.13. The number of ether oxygens (including phenoxy) is 1. The lowest BCUT2D eigenvalue weighted by Crippen LogP contribution is -2.38. The highest BCUT2D eigenvalue weighted by atomic mass is 127. The molecule has 0 bridgehead atoms. The monoisotopic (exact) mass is 494 g/mol. The third-order valence-corrected chi connectivity index (χ3v) is 4.58. The normalized spacial score (nSPS) is 10.8. The van der Waals surface area contributed by atoms with Crippen LogP contribution in [0.25, 0.3) is 10.6 Å². The Morgan fingerprint density at radius 1 is 1.04 bits per heavy atom. The van der Waals surface area contributed by atoms with Gasteiger partial charge in [0.2, 0.25) is 0 Å². The first kappa shape index (κ1) is 21.2. The fourth-order valence-electron chi connectivity index (χ4n) is 2.35. The summed E-state index contributed by atoms with van der Waals surface area (Å²) in [6.07, 6.45) is 0. The Balaban J connectivity index is 0.00000261. The maximum atomic E-state index is 5.66. The highest BCUT2D eigenvalue weighted by Gasteiger charge is 2.05. The lowest BCUT2D eigenvalue weighted by atomic mass is 10.2. The van der Waals surface area contributed by atoms with E-state index >= 15 is 0 Å². The number of thiazole rings is 1. The van der Waals surface area contributed by atoms with Crippen molar-refractivity contribution in [3.63, 3.8) is 0 Å². The second-order valence-corrected chi connectivity index (χ2v) is 6.38. The van der Waals surface area contributed by atoms with Crippen LogP contribution in [0.4, 0.5) is 0 Å². The maximum Gasteiger partial charge on any atom is 0.191 e. The summed E-state index contributed by atoms with van der Waals surface area (Å²) in [7, 11) is 1.75. The van der Waals surface area contributed by atoms with Crippen molar-refractivity contribution in [1.82, 2.24) is 15.6 Å². The van der Waals surface area contributed by atoms with Gasteiger partial charge in [-0.25, -0.2) is 4.98 Å². The van der Waals surface area contributed by atoms with Gasteiger partial charge in [0.15, 0.2) is 5.96 Å². The zero-order valence-corrected chi connectivity index (χ0v) is 18.2. The van der Waals surface area contributed by atoms with E-state index in [4.69, 9.17) is 4.74 Å². The van der Waals surface area contributed by atoms with Crippen molar-refractivity contribution < 1.29 is 4.74 Å². The van der Waals surface area contributed by atoms with Gasteiger partial charge >= 0.3 is 0 Å². The highest BCUT2D eigenvalue weighted by Crippen LogP contribution is 2.23. The molecular formula is C20H23IN4OS. The van der Waals surface area contributed by atoms with Gasteiger partial charge in [0.25, 0.3) is 0 Å². The van der Waals surface area contributed by atoms with Crippen LogP contribution in [0, 0.1) is 0 Å². The fourth-order valence-corrected chi connectivity index (χ4v) is 3.18. The molecule has 1 aromatic heterocycles. The predicted octanol–water partition coefficient (Wildman–Crippen LogP) is 4.17. The van der Waals surface area contributed by atoms with Crippen LogP contribution in [-0.4, -0.2) is 31.1 Å². The van der Waals surface area contributed by atoms with E-state index in [0.29, 0.717) is 19.7 Å². The molecule has 3 rings (SSSR count). The van der Waals surface area contributed by atoms with Gasteiger partial charge in [-0.05, 0) is 12.1 Å². The van der Waals surface area contributed by atoms with Gasteiger partial charge in [-0.3, -0.25) is 4.99 Å². The first-order valence-corrected chi connectivity index (χ1v) is 9.35. The number of para-hydroxylation sites is 1. The number of guanidine groups is 1. The number of aliphatic imine (C=N–C) groups is 1. The van der Waals surface area contributed by atoms with Crippen molar-refractivity contribution in [3.8, 4) is 16.3 Å². The van der Waals surface area contributed by atoms with Crippen molar-refractivity contribution in [3.05, 3.63) is 71.7 Å². The number of hydrogen-bond acceptors (Lipinski definition) is 4. The Morgan fingerprint density at radius 3 is 2.44 bits per heavy atom. The van der Waals surface area contributed by atoms with Gasteiger partial charge in [0, 0.05) is 18.0 Å². The van der Waals surface area contributed by atoms with Gasteiger partial charge in [0.05, 0.1) is 18.8 Å². The molecule has 5 nitrogen and oxygen atoms in total. The van der Waals surface area contributed by atoms with E-state index in [-0.39, 0.29) is 24.0 Å². The Labute approximate surface area is 180 Å². The molecular weight excluding hydrogens is 471 g/mol. The second-order valence-electron chi connectivity index (χ2n) is 5.52. The average Bonchev–Trinajstić information content (AvgIpc) is 3.18. The van der Waals surface area contributed by atoms with Crippen molar-refractivity contribution >= 4 is 41.3 Å². The second kappa shape index (κ2) is 11.6. The van der Waals surface area contributed by atoms with Crippen LogP contribution in [0.5, 0.6) is 5.75 Å². The molecule has 7 heteroatoms. The van der Waals surface area contributed by atoms with E-state index in [1.807, 2.05) is 48.5 Å². The van der Waals surface area contributed by atoms with Crippen molar-refractivity contribution in [2.75, 3.05) is 20.2 Å². The minimum atomic E-state index is 0. The van der Waals surface area contributed by atoms with Crippen LogP contribution >= 0.6 is 35.3 Å². The average molecular weight is 494 g/mol. The summed E-state index contributed by atoms with van der Waals surface area (Å²) < 4.78 is 5.66. The van der Waals surface area contributed by atoms with E-state index in [2.05, 4.69) is 38.1 Å². The fraction of sp³-hybridized carbons (Fsp3) is 0.200. The Morgan fingerprint density at radius 2 is 1.74 bits per heavy atom. The molecule has 0 amide bonds. The number of nitrogens with one attached hydrogen (secondary N) is 2. The number of hydrogen-bond donors (Lipinski definition) is 2. The summed E-state index contributed by atoms with van der Waals surface area (Å²) in [5.74, 6) is 1.60. The van der Waals surface area contributed by atoms with Gasteiger partial charge < -0.3 is 15.4 Å². The zero-order valence-electron chi connectivity index (χ0n) is 15.1. The molecule has 0 atom stereocenters. The minimum absolute atomic E-state index is 0. The molecule has 0 saturated carbocycles. The maximum absolute atomic E-state index is 5.66. The molecule has 142 valence electrons. The quantitative estimate of drug-likeness (QED) is 0.224. The lowest BCUT2D eigenvalue weighted by molar-refractivity contribution is 0.322. The number of halogens is 1. The smallest absolute Gasteiger partial charge is 0.191 e. The summed E-state index contributed by atoms with van der Waals surface area (Å²) in [6.45, 7) is 1.86. The number of aromatic nitrogens is 1. The first-order chi connectivity index (χ1) is 12.8. The topological polar surface area (TPSA) is 58.5 Å². The molecule has 0 unspecified atom stereocenters.